The zero-order valence-corrected chi connectivity index (χ0v) is 9.05. The highest BCUT2D eigenvalue weighted by Crippen LogP contribution is 2.22. The van der Waals surface area contributed by atoms with Crippen LogP contribution in [-0.2, 0) is 4.79 Å². The molecule has 1 atom stereocenters. The van der Waals surface area contributed by atoms with Gasteiger partial charge in [0.2, 0.25) is 5.91 Å². The lowest BCUT2D eigenvalue weighted by Crippen LogP contribution is -2.39. The van der Waals surface area contributed by atoms with E-state index >= 15 is 0 Å². The van der Waals surface area contributed by atoms with E-state index in [9.17, 15) is 4.79 Å². The highest BCUT2D eigenvalue weighted by atomic mass is 16.2. The fourth-order valence-electron chi connectivity index (χ4n) is 2.16. The molecular weight excluding hydrogens is 162 g/mol. The minimum Gasteiger partial charge on any atom is -0.339 e. The molecule has 0 saturated carbocycles. The highest BCUT2D eigenvalue weighted by molar-refractivity contribution is 5.78. The number of rotatable bonds is 4. The lowest BCUT2D eigenvalue weighted by molar-refractivity contribution is -0.130. The Labute approximate surface area is 81.3 Å². The minimum atomic E-state index is 0.368. The summed E-state index contributed by atoms with van der Waals surface area (Å²) in [7, 11) is 0. The van der Waals surface area contributed by atoms with Crippen LogP contribution >= 0.6 is 0 Å². The number of carbonyl (C=O) groups excluding carboxylic acids is 1. The van der Waals surface area contributed by atoms with E-state index in [1.165, 1.54) is 6.42 Å². The first-order chi connectivity index (χ1) is 6.16. The van der Waals surface area contributed by atoms with Gasteiger partial charge in [0.15, 0.2) is 0 Å². The van der Waals surface area contributed by atoms with Crippen LogP contribution in [0.5, 0.6) is 0 Å². The van der Waals surface area contributed by atoms with Gasteiger partial charge < -0.3 is 4.90 Å². The van der Waals surface area contributed by atoms with Crippen molar-refractivity contribution in [3.63, 3.8) is 0 Å². The molecule has 1 rings (SSSR count). The van der Waals surface area contributed by atoms with Gasteiger partial charge in [-0.15, -0.1) is 0 Å². The van der Waals surface area contributed by atoms with Gasteiger partial charge >= 0.3 is 0 Å². The predicted octanol–water partition coefficient (Wildman–Crippen LogP) is 2.43. The van der Waals surface area contributed by atoms with Gasteiger partial charge in [-0.05, 0) is 18.8 Å². The lowest BCUT2D eigenvalue weighted by atomic mass is 9.98. The molecule has 0 N–H and O–H groups in total. The summed E-state index contributed by atoms with van der Waals surface area (Å²) in [4.78, 5) is 13.6. The molecule has 76 valence electrons. The second-order valence-corrected chi connectivity index (χ2v) is 4.29. The van der Waals surface area contributed by atoms with E-state index in [4.69, 9.17) is 0 Å². The fourth-order valence-corrected chi connectivity index (χ4v) is 2.16. The zero-order valence-electron chi connectivity index (χ0n) is 9.05. The summed E-state index contributed by atoms with van der Waals surface area (Å²) in [5, 5.41) is 0. The molecule has 2 heteroatoms. The Hall–Kier alpha value is -0.530. The summed E-state index contributed by atoms with van der Waals surface area (Å²) in [6, 6.07) is 0.486. The van der Waals surface area contributed by atoms with Crippen molar-refractivity contribution < 1.29 is 4.79 Å². The van der Waals surface area contributed by atoms with Crippen molar-refractivity contribution in [2.75, 3.05) is 6.54 Å². The van der Waals surface area contributed by atoms with Gasteiger partial charge in [-0.25, -0.2) is 0 Å². The molecule has 2 nitrogen and oxygen atoms in total. The lowest BCUT2D eigenvalue weighted by Gasteiger charge is -2.30. The van der Waals surface area contributed by atoms with Crippen molar-refractivity contribution >= 4 is 5.91 Å². The normalized spacial score (nSPS) is 20.0. The third-order valence-corrected chi connectivity index (χ3v) is 2.86. The molecule has 1 fully saturated rings. The van der Waals surface area contributed by atoms with E-state index < -0.39 is 0 Å². The van der Waals surface area contributed by atoms with Crippen molar-refractivity contribution in [3.05, 3.63) is 0 Å². The summed E-state index contributed by atoms with van der Waals surface area (Å²) in [6.07, 6.45) is 4.16. The summed E-state index contributed by atoms with van der Waals surface area (Å²) >= 11 is 0. The molecular formula is C11H21NO. The van der Waals surface area contributed by atoms with Gasteiger partial charge in [0.25, 0.3) is 0 Å². The average molecular weight is 183 g/mol. The van der Waals surface area contributed by atoms with Crippen LogP contribution in [0.4, 0.5) is 0 Å². The fraction of sp³-hybridized carbons (Fsp3) is 0.909. The minimum absolute atomic E-state index is 0.368. The van der Waals surface area contributed by atoms with E-state index in [1.807, 2.05) is 0 Å². The van der Waals surface area contributed by atoms with Crippen molar-refractivity contribution in [1.29, 1.82) is 0 Å². The monoisotopic (exact) mass is 183 g/mol. The Morgan fingerprint density at radius 2 is 2.15 bits per heavy atom. The van der Waals surface area contributed by atoms with Gasteiger partial charge in [0.1, 0.15) is 0 Å². The number of amides is 1. The largest absolute Gasteiger partial charge is 0.339 e. The number of hydrogen-bond acceptors (Lipinski definition) is 1. The molecule has 1 aliphatic rings. The Balaban J connectivity index is 2.57. The summed E-state index contributed by atoms with van der Waals surface area (Å²) in [5.41, 5.74) is 0. The molecule has 1 saturated heterocycles. The van der Waals surface area contributed by atoms with Gasteiger partial charge in [0.05, 0.1) is 0 Å². The van der Waals surface area contributed by atoms with Gasteiger partial charge in [-0.3, -0.25) is 4.79 Å². The van der Waals surface area contributed by atoms with E-state index in [0.29, 0.717) is 17.9 Å². The molecule has 1 aliphatic heterocycles. The molecule has 0 aromatic heterocycles. The maximum Gasteiger partial charge on any atom is 0.222 e. The van der Waals surface area contributed by atoms with E-state index in [2.05, 4.69) is 25.7 Å². The standard InChI is InChI=1S/C11H21NO/c1-4-6-10(9(2)3)12-8-5-7-11(12)13/h9-10H,4-8H2,1-3H3. The molecule has 0 spiro atoms. The zero-order chi connectivity index (χ0) is 9.84. The van der Waals surface area contributed by atoms with Crippen LogP contribution in [0, 0.1) is 5.92 Å². The van der Waals surface area contributed by atoms with Crippen LogP contribution in [0.2, 0.25) is 0 Å². The maximum atomic E-state index is 11.5. The Kier molecular flexibility index (Phi) is 3.76. The molecule has 0 bridgehead atoms. The number of nitrogens with zero attached hydrogens (tertiary/aromatic N) is 1. The molecule has 0 aliphatic carbocycles. The summed E-state index contributed by atoms with van der Waals surface area (Å²) in [6.45, 7) is 7.61. The highest BCUT2D eigenvalue weighted by Gasteiger charge is 2.28. The quantitative estimate of drug-likeness (QED) is 0.655. The van der Waals surface area contributed by atoms with Crippen molar-refractivity contribution in [1.82, 2.24) is 4.90 Å². The molecule has 0 aromatic carbocycles. The van der Waals surface area contributed by atoms with Crippen LogP contribution in [0.25, 0.3) is 0 Å². The molecule has 1 unspecified atom stereocenters. The predicted molar refractivity (Wildman–Crippen MR) is 54.5 cm³/mol. The first-order valence-corrected chi connectivity index (χ1v) is 5.46. The first-order valence-electron chi connectivity index (χ1n) is 5.46. The van der Waals surface area contributed by atoms with E-state index in [-0.39, 0.29) is 0 Å². The third kappa shape index (κ3) is 2.45. The molecule has 13 heavy (non-hydrogen) atoms. The van der Waals surface area contributed by atoms with Crippen LogP contribution in [0.1, 0.15) is 46.5 Å². The van der Waals surface area contributed by atoms with Gasteiger partial charge in [0, 0.05) is 19.0 Å². The molecule has 0 aromatic rings. The van der Waals surface area contributed by atoms with Gasteiger partial charge in [-0.1, -0.05) is 27.2 Å². The summed E-state index contributed by atoms with van der Waals surface area (Å²) < 4.78 is 0. The summed E-state index contributed by atoms with van der Waals surface area (Å²) in [5.74, 6) is 0.967. The number of carbonyl (C=O) groups is 1. The second kappa shape index (κ2) is 4.64. The number of hydrogen-bond donors (Lipinski definition) is 0. The van der Waals surface area contributed by atoms with Crippen LogP contribution in [0.15, 0.2) is 0 Å². The number of likely N-dealkylation sites (tertiary alicyclic amines) is 1. The Bertz CT molecular complexity index is 177. The SMILES string of the molecule is CCCC(C(C)C)N1CCCC1=O. The average Bonchev–Trinajstić information content (AvgIpc) is 2.47. The second-order valence-electron chi connectivity index (χ2n) is 4.29. The van der Waals surface area contributed by atoms with Crippen LogP contribution in [-0.4, -0.2) is 23.4 Å². The van der Waals surface area contributed by atoms with Crippen molar-refractivity contribution in [3.8, 4) is 0 Å². The van der Waals surface area contributed by atoms with Crippen LogP contribution in [0.3, 0.4) is 0 Å². The molecule has 1 heterocycles. The Morgan fingerprint density at radius 3 is 2.54 bits per heavy atom. The molecule has 1 amide bonds. The van der Waals surface area contributed by atoms with Gasteiger partial charge in [-0.2, -0.15) is 0 Å². The Morgan fingerprint density at radius 1 is 1.46 bits per heavy atom. The maximum absolute atomic E-state index is 11.5. The first kappa shape index (κ1) is 10.6. The van der Waals surface area contributed by atoms with E-state index in [0.717, 1.165) is 25.8 Å². The van der Waals surface area contributed by atoms with Crippen molar-refractivity contribution in [2.45, 2.75) is 52.5 Å². The third-order valence-electron chi connectivity index (χ3n) is 2.86. The van der Waals surface area contributed by atoms with E-state index in [1.54, 1.807) is 0 Å². The smallest absolute Gasteiger partial charge is 0.222 e. The van der Waals surface area contributed by atoms with Crippen LogP contribution < -0.4 is 0 Å². The topological polar surface area (TPSA) is 20.3 Å². The van der Waals surface area contributed by atoms with Crippen molar-refractivity contribution in [2.24, 2.45) is 5.92 Å². The molecule has 0 radical (unpaired) electrons.